The van der Waals surface area contributed by atoms with Crippen molar-refractivity contribution < 1.29 is 4.79 Å². The van der Waals surface area contributed by atoms with Crippen LogP contribution in [0.4, 0.5) is 11.4 Å². The molecule has 0 aromatic heterocycles. The maximum absolute atomic E-state index is 12.2. The molecule has 2 aromatic rings. The molecule has 0 aliphatic carbocycles. The predicted octanol–water partition coefficient (Wildman–Crippen LogP) is 3.79. The third-order valence-corrected chi connectivity index (χ3v) is 3.19. The molecule has 0 unspecified atom stereocenters. The van der Waals surface area contributed by atoms with Gasteiger partial charge in [-0.15, -0.1) is 0 Å². The van der Waals surface area contributed by atoms with Gasteiger partial charge in [0.25, 0.3) is 5.91 Å². The molecule has 2 rings (SSSR count). The van der Waals surface area contributed by atoms with E-state index in [4.69, 9.17) is 17.3 Å². The number of aryl methyl sites for hydroxylation is 2. The maximum atomic E-state index is 12.2. The van der Waals surface area contributed by atoms with E-state index in [-0.39, 0.29) is 5.91 Å². The number of hydrogen-bond donors (Lipinski definition) is 2. The first kappa shape index (κ1) is 13.4. The van der Waals surface area contributed by atoms with Crippen molar-refractivity contribution in [2.45, 2.75) is 13.8 Å². The van der Waals surface area contributed by atoms with Gasteiger partial charge in [-0.3, -0.25) is 4.79 Å². The lowest BCUT2D eigenvalue weighted by Gasteiger charge is -2.10. The SMILES string of the molecule is Cc1ccc(C(=O)Nc2cc(N)ccc2C)c(Cl)c1. The Kier molecular flexibility index (Phi) is 3.76. The van der Waals surface area contributed by atoms with Crippen molar-refractivity contribution >= 4 is 28.9 Å². The van der Waals surface area contributed by atoms with Crippen molar-refractivity contribution in [1.82, 2.24) is 0 Å². The van der Waals surface area contributed by atoms with Gasteiger partial charge in [-0.1, -0.05) is 23.7 Å². The molecule has 0 saturated carbocycles. The Balaban J connectivity index is 2.28. The zero-order valence-corrected chi connectivity index (χ0v) is 11.6. The van der Waals surface area contributed by atoms with E-state index in [1.807, 2.05) is 26.0 Å². The molecule has 0 saturated heterocycles. The number of hydrogen-bond acceptors (Lipinski definition) is 2. The van der Waals surface area contributed by atoms with E-state index in [9.17, 15) is 4.79 Å². The zero-order valence-electron chi connectivity index (χ0n) is 10.8. The summed E-state index contributed by atoms with van der Waals surface area (Å²) >= 11 is 6.08. The van der Waals surface area contributed by atoms with Gasteiger partial charge in [0, 0.05) is 11.4 Å². The summed E-state index contributed by atoms with van der Waals surface area (Å²) in [6, 6.07) is 10.7. The average Bonchev–Trinajstić information content (AvgIpc) is 2.33. The van der Waals surface area contributed by atoms with Gasteiger partial charge in [0.05, 0.1) is 10.6 Å². The molecule has 0 spiro atoms. The number of rotatable bonds is 2. The minimum atomic E-state index is -0.237. The first-order valence-corrected chi connectivity index (χ1v) is 6.29. The maximum Gasteiger partial charge on any atom is 0.257 e. The fraction of sp³-hybridized carbons (Fsp3) is 0.133. The molecule has 0 aliphatic rings. The summed E-state index contributed by atoms with van der Waals surface area (Å²) in [6.07, 6.45) is 0. The Morgan fingerprint density at radius 3 is 2.58 bits per heavy atom. The van der Waals surface area contributed by atoms with Crippen LogP contribution in [-0.4, -0.2) is 5.91 Å². The Labute approximate surface area is 117 Å². The molecule has 0 fully saturated rings. The normalized spacial score (nSPS) is 10.3. The van der Waals surface area contributed by atoms with E-state index in [1.54, 1.807) is 24.3 Å². The molecule has 3 nitrogen and oxygen atoms in total. The van der Waals surface area contributed by atoms with Gasteiger partial charge in [0.1, 0.15) is 0 Å². The van der Waals surface area contributed by atoms with Crippen LogP contribution in [0.25, 0.3) is 0 Å². The Bertz CT molecular complexity index is 638. The second-order valence-corrected chi connectivity index (χ2v) is 4.92. The monoisotopic (exact) mass is 274 g/mol. The molecule has 2 aromatic carbocycles. The summed E-state index contributed by atoms with van der Waals surface area (Å²) in [5, 5.41) is 3.27. The Morgan fingerprint density at radius 2 is 1.89 bits per heavy atom. The van der Waals surface area contributed by atoms with E-state index in [2.05, 4.69) is 5.32 Å². The topological polar surface area (TPSA) is 55.1 Å². The lowest BCUT2D eigenvalue weighted by Crippen LogP contribution is -2.13. The quantitative estimate of drug-likeness (QED) is 0.819. The van der Waals surface area contributed by atoms with Crippen LogP contribution in [0, 0.1) is 13.8 Å². The predicted molar refractivity (Wildman–Crippen MR) is 79.7 cm³/mol. The second kappa shape index (κ2) is 5.33. The summed E-state index contributed by atoms with van der Waals surface area (Å²) in [5.41, 5.74) is 9.44. The van der Waals surface area contributed by atoms with Crippen LogP contribution in [0.3, 0.4) is 0 Å². The summed E-state index contributed by atoms with van der Waals surface area (Å²) in [7, 11) is 0. The molecule has 98 valence electrons. The minimum Gasteiger partial charge on any atom is -0.399 e. The number of carbonyl (C=O) groups is 1. The standard InChI is InChI=1S/C15H15ClN2O/c1-9-3-6-12(13(16)7-9)15(19)18-14-8-11(17)5-4-10(14)2/h3-8H,17H2,1-2H3,(H,18,19). The van der Waals surface area contributed by atoms with Crippen LogP contribution in [-0.2, 0) is 0 Å². The van der Waals surface area contributed by atoms with Gasteiger partial charge in [-0.2, -0.15) is 0 Å². The van der Waals surface area contributed by atoms with Gasteiger partial charge in [-0.05, 0) is 49.2 Å². The molecule has 4 heteroatoms. The van der Waals surface area contributed by atoms with Crippen molar-refractivity contribution in [3.8, 4) is 0 Å². The third kappa shape index (κ3) is 3.06. The number of anilines is 2. The molecule has 3 N–H and O–H groups in total. The molecular formula is C15H15ClN2O. The van der Waals surface area contributed by atoms with Crippen molar-refractivity contribution in [1.29, 1.82) is 0 Å². The first-order chi connectivity index (χ1) is 8.97. The number of nitrogen functional groups attached to an aromatic ring is 1. The highest BCUT2D eigenvalue weighted by atomic mass is 35.5. The molecular weight excluding hydrogens is 260 g/mol. The highest BCUT2D eigenvalue weighted by Crippen LogP contribution is 2.22. The van der Waals surface area contributed by atoms with Crippen LogP contribution in [0.5, 0.6) is 0 Å². The summed E-state index contributed by atoms with van der Waals surface area (Å²) in [6.45, 7) is 3.83. The van der Waals surface area contributed by atoms with Gasteiger partial charge in [-0.25, -0.2) is 0 Å². The van der Waals surface area contributed by atoms with E-state index >= 15 is 0 Å². The average molecular weight is 275 g/mol. The van der Waals surface area contributed by atoms with E-state index in [1.165, 1.54) is 0 Å². The van der Waals surface area contributed by atoms with Crippen molar-refractivity contribution in [3.63, 3.8) is 0 Å². The van der Waals surface area contributed by atoms with Gasteiger partial charge in [0.2, 0.25) is 0 Å². The highest BCUT2D eigenvalue weighted by Gasteiger charge is 2.11. The fourth-order valence-corrected chi connectivity index (χ4v) is 2.09. The van der Waals surface area contributed by atoms with Gasteiger partial charge >= 0.3 is 0 Å². The van der Waals surface area contributed by atoms with Crippen LogP contribution in [0.2, 0.25) is 5.02 Å². The van der Waals surface area contributed by atoms with Crippen molar-refractivity contribution in [2.24, 2.45) is 0 Å². The molecule has 0 atom stereocenters. The lowest BCUT2D eigenvalue weighted by atomic mass is 10.1. The minimum absolute atomic E-state index is 0.237. The Morgan fingerprint density at radius 1 is 1.16 bits per heavy atom. The first-order valence-electron chi connectivity index (χ1n) is 5.91. The number of carbonyl (C=O) groups excluding carboxylic acids is 1. The molecule has 1 amide bonds. The number of nitrogens with two attached hydrogens (primary N) is 1. The summed E-state index contributed by atoms with van der Waals surface area (Å²) < 4.78 is 0. The molecule has 0 radical (unpaired) electrons. The number of benzene rings is 2. The molecule has 0 bridgehead atoms. The van der Waals surface area contributed by atoms with Crippen LogP contribution in [0.1, 0.15) is 21.5 Å². The number of halogens is 1. The van der Waals surface area contributed by atoms with E-state index in [0.29, 0.717) is 22.0 Å². The second-order valence-electron chi connectivity index (χ2n) is 4.51. The summed E-state index contributed by atoms with van der Waals surface area (Å²) in [5.74, 6) is -0.237. The number of nitrogens with one attached hydrogen (secondary N) is 1. The molecule has 0 aliphatic heterocycles. The third-order valence-electron chi connectivity index (χ3n) is 2.88. The van der Waals surface area contributed by atoms with Gasteiger partial charge < -0.3 is 11.1 Å². The smallest absolute Gasteiger partial charge is 0.257 e. The Hall–Kier alpha value is -2.00. The van der Waals surface area contributed by atoms with Crippen molar-refractivity contribution in [2.75, 3.05) is 11.1 Å². The van der Waals surface area contributed by atoms with Crippen molar-refractivity contribution in [3.05, 3.63) is 58.1 Å². The van der Waals surface area contributed by atoms with Gasteiger partial charge in [0.15, 0.2) is 0 Å². The van der Waals surface area contributed by atoms with Crippen LogP contribution >= 0.6 is 11.6 Å². The van der Waals surface area contributed by atoms with E-state index in [0.717, 1.165) is 11.1 Å². The zero-order chi connectivity index (χ0) is 14.0. The van der Waals surface area contributed by atoms with Crippen LogP contribution < -0.4 is 11.1 Å². The summed E-state index contributed by atoms with van der Waals surface area (Å²) in [4.78, 5) is 12.2. The van der Waals surface area contributed by atoms with E-state index < -0.39 is 0 Å². The van der Waals surface area contributed by atoms with Crippen LogP contribution in [0.15, 0.2) is 36.4 Å². The lowest BCUT2D eigenvalue weighted by molar-refractivity contribution is 0.102. The molecule has 0 heterocycles. The molecule has 19 heavy (non-hydrogen) atoms. The fourth-order valence-electron chi connectivity index (χ4n) is 1.77. The highest BCUT2D eigenvalue weighted by molar-refractivity contribution is 6.34. The largest absolute Gasteiger partial charge is 0.399 e. The number of amides is 1.